The molecule has 0 aliphatic heterocycles. The minimum Gasteiger partial charge on any atom is -0.495 e. The van der Waals surface area contributed by atoms with Crippen LogP contribution in [0.3, 0.4) is 0 Å². The van der Waals surface area contributed by atoms with Gasteiger partial charge >= 0.3 is 18.2 Å². The summed E-state index contributed by atoms with van der Waals surface area (Å²) in [6, 6.07) is 2.45. The molecule has 0 aliphatic carbocycles. The van der Waals surface area contributed by atoms with Gasteiger partial charge in [-0.25, -0.2) is 19.6 Å². The summed E-state index contributed by atoms with van der Waals surface area (Å²) < 4.78 is 43.7. The highest BCUT2D eigenvalue weighted by Crippen LogP contribution is 2.44. The van der Waals surface area contributed by atoms with Crippen molar-refractivity contribution in [1.29, 1.82) is 0 Å². The van der Waals surface area contributed by atoms with Crippen LogP contribution in [-0.2, 0) is 16.6 Å². The fourth-order valence-corrected chi connectivity index (χ4v) is 3.46. The summed E-state index contributed by atoms with van der Waals surface area (Å²) in [6.45, 7) is 3.42. The molecule has 0 bridgehead atoms. The van der Waals surface area contributed by atoms with Gasteiger partial charge in [-0.05, 0) is 6.08 Å². The van der Waals surface area contributed by atoms with Crippen LogP contribution >= 0.6 is 23.2 Å². The molecular formula is C23H23Cl2F3N8O6. The number of aliphatic carboxylic acids is 1. The Hall–Kier alpha value is -4.77. The van der Waals surface area contributed by atoms with Gasteiger partial charge in [-0.2, -0.15) is 18.3 Å². The van der Waals surface area contributed by atoms with Crippen molar-refractivity contribution in [1.82, 2.24) is 19.7 Å². The lowest BCUT2D eigenvalue weighted by Crippen LogP contribution is -2.32. The number of amides is 3. The van der Waals surface area contributed by atoms with Crippen LogP contribution in [0.1, 0.15) is 0 Å². The molecule has 14 nitrogen and oxygen atoms in total. The van der Waals surface area contributed by atoms with Crippen LogP contribution in [0.25, 0.3) is 0 Å². The molecule has 3 aromatic rings. The number of carbonyl (C=O) groups excluding carboxylic acids is 2. The van der Waals surface area contributed by atoms with E-state index in [9.17, 15) is 22.8 Å². The minimum atomic E-state index is -5.08. The molecule has 0 saturated heterocycles. The number of carboxylic acid groups (broad SMARTS) is 1. The van der Waals surface area contributed by atoms with E-state index in [0.29, 0.717) is 11.5 Å². The molecule has 3 rings (SSSR count). The first-order valence-electron chi connectivity index (χ1n) is 11.1. The summed E-state index contributed by atoms with van der Waals surface area (Å²) in [5.41, 5.74) is 0.591. The lowest BCUT2D eigenvalue weighted by Gasteiger charge is -2.20. The van der Waals surface area contributed by atoms with Crippen LogP contribution in [0.4, 0.5) is 46.8 Å². The van der Waals surface area contributed by atoms with Crippen molar-refractivity contribution in [3.05, 3.63) is 47.4 Å². The number of nitrogens with zero attached hydrogens (tertiary/aromatic N) is 5. The van der Waals surface area contributed by atoms with E-state index >= 15 is 0 Å². The topological polar surface area (TPSA) is 173 Å². The van der Waals surface area contributed by atoms with E-state index in [4.69, 9.17) is 42.6 Å². The van der Waals surface area contributed by atoms with Gasteiger partial charge in [-0.1, -0.05) is 29.8 Å². The van der Waals surface area contributed by atoms with Crippen LogP contribution in [0, 0.1) is 0 Å². The van der Waals surface area contributed by atoms with Crippen molar-refractivity contribution in [3.63, 3.8) is 0 Å². The van der Waals surface area contributed by atoms with E-state index in [0.717, 1.165) is 6.08 Å². The minimum absolute atomic E-state index is 0.107. The summed E-state index contributed by atoms with van der Waals surface area (Å²) in [7, 11) is 6.05. The maximum absolute atomic E-state index is 13.0. The zero-order valence-electron chi connectivity index (χ0n) is 22.2. The average molecular weight is 635 g/mol. The Morgan fingerprint density at radius 2 is 1.67 bits per heavy atom. The first-order chi connectivity index (χ1) is 19.6. The molecule has 0 unspecified atom stereocenters. The number of alkyl halides is 3. The zero-order valence-corrected chi connectivity index (χ0v) is 23.7. The van der Waals surface area contributed by atoms with Gasteiger partial charge in [0.1, 0.15) is 45.2 Å². The third-order valence-electron chi connectivity index (χ3n) is 4.87. The number of halogens is 5. The quantitative estimate of drug-likeness (QED) is 0.254. The highest BCUT2D eigenvalue weighted by atomic mass is 35.5. The number of benzene rings is 1. The molecular weight excluding hydrogens is 612 g/mol. The van der Waals surface area contributed by atoms with E-state index in [1.54, 1.807) is 13.2 Å². The first-order valence-corrected chi connectivity index (χ1v) is 11.9. The van der Waals surface area contributed by atoms with Gasteiger partial charge in [0.2, 0.25) is 5.91 Å². The van der Waals surface area contributed by atoms with Crippen molar-refractivity contribution >= 4 is 69.9 Å². The Balaban J connectivity index is 0.000000782. The van der Waals surface area contributed by atoms with Crippen LogP contribution in [0.5, 0.6) is 11.5 Å². The Morgan fingerprint density at radius 3 is 2.17 bits per heavy atom. The highest BCUT2D eigenvalue weighted by Gasteiger charge is 2.38. The third kappa shape index (κ3) is 8.61. The molecule has 19 heteroatoms. The molecule has 0 fully saturated rings. The maximum Gasteiger partial charge on any atom is 0.490 e. The predicted octanol–water partition coefficient (Wildman–Crippen LogP) is 4.70. The van der Waals surface area contributed by atoms with Crippen molar-refractivity contribution in [2.75, 3.05) is 42.1 Å². The zero-order chi connectivity index (χ0) is 31.8. The molecule has 42 heavy (non-hydrogen) atoms. The Bertz CT molecular complexity index is 1460. The molecule has 0 radical (unpaired) electrons. The molecule has 1 aromatic carbocycles. The van der Waals surface area contributed by atoms with Crippen LogP contribution in [-0.4, -0.2) is 70.2 Å². The van der Waals surface area contributed by atoms with Gasteiger partial charge in [0.05, 0.1) is 26.1 Å². The van der Waals surface area contributed by atoms with E-state index in [-0.39, 0.29) is 38.9 Å². The molecule has 2 heterocycles. The fourth-order valence-electron chi connectivity index (χ4n) is 2.87. The second-order valence-electron chi connectivity index (χ2n) is 7.72. The van der Waals surface area contributed by atoms with Gasteiger partial charge in [0.25, 0.3) is 0 Å². The number of aromatic nitrogens is 4. The summed E-state index contributed by atoms with van der Waals surface area (Å²) in [4.78, 5) is 43.1. The SMILES string of the molecule is C=CC(=O)Nc1nn(C)cc1Nc1cc(N(C)C(=O)Nc2c(Cl)c(OC)cc(OC)c2Cl)ncn1.O=C(O)C(F)(F)F. The second kappa shape index (κ2) is 14.2. The summed E-state index contributed by atoms with van der Waals surface area (Å²) in [5, 5.41) is 19.8. The smallest absolute Gasteiger partial charge is 0.490 e. The lowest BCUT2D eigenvalue weighted by molar-refractivity contribution is -0.192. The van der Waals surface area contributed by atoms with Crippen LogP contribution < -0.4 is 30.3 Å². The third-order valence-corrected chi connectivity index (χ3v) is 5.62. The van der Waals surface area contributed by atoms with Crippen LogP contribution in [0.15, 0.2) is 37.3 Å². The summed E-state index contributed by atoms with van der Waals surface area (Å²) in [6.07, 6.45) is -1.03. The second-order valence-corrected chi connectivity index (χ2v) is 8.48. The largest absolute Gasteiger partial charge is 0.495 e. The number of nitrogens with one attached hydrogen (secondary N) is 3. The lowest BCUT2D eigenvalue weighted by atomic mass is 10.2. The number of carbonyl (C=O) groups is 3. The van der Waals surface area contributed by atoms with E-state index in [1.807, 2.05) is 0 Å². The predicted molar refractivity (Wildman–Crippen MR) is 148 cm³/mol. The molecule has 226 valence electrons. The van der Waals surface area contributed by atoms with Gasteiger partial charge in [-0.15, -0.1) is 0 Å². The van der Waals surface area contributed by atoms with Gasteiger partial charge < -0.3 is 30.5 Å². The Morgan fingerprint density at radius 1 is 1.10 bits per heavy atom. The van der Waals surface area contributed by atoms with Crippen molar-refractivity contribution in [3.8, 4) is 11.5 Å². The Labute approximate surface area is 246 Å². The fraction of sp³-hybridized carbons (Fsp3) is 0.217. The molecule has 4 N–H and O–H groups in total. The van der Waals surface area contributed by atoms with E-state index < -0.39 is 24.1 Å². The number of ether oxygens (including phenoxy) is 2. The number of carboxylic acids is 1. The van der Waals surface area contributed by atoms with Gasteiger partial charge in [-0.3, -0.25) is 14.4 Å². The first kappa shape index (κ1) is 33.4. The highest BCUT2D eigenvalue weighted by molar-refractivity contribution is 6.41. The van der Waals surface area contributed by atoms with E-state index in [1.165, 1.54) is 49.3 Å². The normalized spacial score (nSPS) is 10.5. The molecule has 0 saturated carbocycles. The number of anilines is 5. The Kier molecular flexibility index (Phi) is 11.3. The monoisotopic (exact) mass is 634 g/mol. The molecule has 0 spiro atoms. The van der Waals surface area contributed by atoms with Crippen molar-refractivity contribution < 1.29 is 42.1 Å². The average Bonchev–Trinajstić information content (AvgIpc) is 3.28. The van der Waals surface area contributed by atoms with Gasteiger partial charge in [0.15, 0.2) is 5.82 Å². The summed E-state index contributed by atoms with van der Waals surface area (Å²) in [5.74, 6) is -1.76. The molecule has 2 aromatic heterocycles. The number of rotatable bonds is 8. The van der Waals surface area contributed by atoms with Crippen LogP contribution in [0.2, 0.25) is 10.0 Å². The van der Waals surface area contributed by atoms with Crippen molar-refractivity contribution in [2.24, 2.45) is 7.05 Å². The van der Waals surface area contributed by atoms with E-state index in [2.05, 4.69) is 37.6 Å². The number of methoxy groups -OCH3 is 2. The number of hydrogen-bond donors (Lipinski definition) is 4. The molecule has 0 atom stereocenters. The number of hydrogen-bond acceptors (Lipinski definition) is 9. The molecule has 0 aliphatic rings. The maximum atomic E-state index is 13.0. The summed E-state index contributed by atoms with van der Waals surface area (Å²) >= 11 is 12.7. The standard InChI is InChI=1S/C21H22Cl2N8O4.C2HF3O2/c1-6-16(32)27-20-11(9-30(2)29-20)26-14-8-15(25-10-24-14)31(3)21(33)28-19-17(22)12(34-4)7-13(35-5)18(19)23;3-2(4,5)1(6)7/h6-10H,1H2,2-5H3,(H,28,33)(H,24,25,26)(H,27,29,32);(H,6,7). The van der Waals surface area contributed by atoms with Crippen molar-refractivity contribution in [2.45, 2.75) is 6.18 Å². The van der Waals surface area contributed by atoms with Gasteiger partial charge in [0, 0.05) is 26.2 Å². The number of urea groups is 1. The molecule has 3 amide bonds. The number of aryl methyl sites for hydroxylation is 1.